The first-order chi connectivity index (χ1) is 13.8. The highest BCUT2D eigenvalue weighted by molar-refractivity contribution is 7.89. The fourth-order valence-corrected chi connectivity index (χ4v) is 3.85. The summed E-state index contributed by atoms with van der Waals surface area (Å²) in [6.45, 7) is 4.45. The normalized spacial score (nSPS) is 11.9. The van der Waals surface area contributed by atoms with Gasteiger partial charge in [0.1, 0.15) is 17.1 Å². The standard InChI is InChI=1S/C19H25N5O4S/c1-5-7-14-16-17(24(4)23-14)19(25)22-18(21-16)13-11-12(29(26,27)20-3)8-9-15(13)28-10-6-2/h8-9,11,20H,5-7,10H2,1-4H3,(H,21,22,25). The highest BCUT2D eigenvalue weighted by atomic mass is 32.2. The van der Waals surface area contributed by atoms with Gasteiger partial charge in [-0.3, -0.25) is 9.48 Å². The van der Waals surface area contributed by atoms with E-state index in [9.17, 15) is 13.2 Å². The number of benzene rings is 1. The van der Waals surface area contributed by atoms with Crippen LogP contribution in [0, 0.1) is 0 Å². The maximum absolute atomic E-state index is 12.7. The third-order valence-electron chi connectivity index (χ3n) is 4.50. The Kier molecular flexibility index (Phi) is 6.04. The first-order valence-corrected chi connectivity index (χ1v) is 11.0. The number of aromatic nitrogens is 4. The second-order valence-corrected chi connectivity index (χ2v) is 8.53. The minimum atomic E-state index is -3.67. The van der Waals surface area contributed by atoms with Gasteiger partial charge in [0.15, 0.2) is 5.52 Å². The SMILES string of the molecule is CCCOc1ccc(S(=O)(=O)NC)cc1-c1nc2c(CCC)nn(C)c2c(=O)[nH]1. The molecule has 0 aliphatic heterocycles. The van der Waals surface area contributed by atoms with Gasteiger partial charge >= 0.3 is 0 Å². The van der Waals surface area contributed by atoms with Crippen LogP contribution < -0.4 is 15.0 Å². The minimum Gasteiger partial charge on any atom is -0.493 e. The Labute approximate surface area is 169 Å². The number of aryl methyl sites for hydroxylation is 2. The number of nitrogens with zero attached hydrogens (tertiary/aromatic N) is 3. The van der Waals surface area contributed by atoms with Crippen molar-refractivity contribution in [3.8, 4) is 17.1 Å². The summed E-state index contributed by atoms with van der Waals surface area (Å²) in [7, 11) is -0.628. The molecule has 0 aliphatic carbocycles. The van der Waals surface area contributed by atoms with Gasteiger partial charge < -0.3 is 9.72 Å². The Balaban J connectivity index is 2.27. The molecule has 0 atom stereocenters. The predicted octanol–water partition coefficient (Wildman–Crippen LogP) is 1.97. The first-order valence-electron chi connectivity index (χ1n) is 9.49. The summed E-state index contributed by atoms with van der Waals surface area (Å²) >= 11 is 0. The molecule has 9 nitrogen and oxygen atoms in total. The topological polar surface area (TPSA) is 119 Å². The van der Waals surface area contributed by atoms with E-state index >= 15 is 0 Å². The molecule has 10 heteroatoms. The van der Waals surface area contributed by atoms with E-state index < -0.39 is 10.0 Å². The smallest absolute Gasteiger partial charge is 0.277 e. The van der Waals surface area contributed by atoms with Gasteiger partial charge in [-0.05, 0) is 38.1 Å². The minimum absolute atomic E-state index is 0.0570. The van der Waals surface area contributed by atoms with Crippen LogP contribution in [0.3, 0.4) is 0 Å². The molecular weight excluding hydrogens is 394 g/mol. The molecule has 0 saturated heterocycles. The lowest BCUT2D eigenvalue weighted by atomic mass is 10.1. The number of hydrogen-bond acceptors (Lipinski definition) is 6. The maximum Gasteiger partial charge on any atom is 0.277 e. The third kappa shape index (κ3) is 4.03. The molecule has 0 fully saturated rings. The van der Waals surface area contributed by atoms with Crippen molar-refractivity contribution in [2.75, 3.05) is 13.7 Å². The molecule has 2 aromatic heterocycles. The maximum atomic E-state index is 12.7. The van der Waals surface area contributed by atoms with Crippen LogP contribution >= 0.6 is 0 Å². The van der Waals surface area contributed by atoms with Crippen LogP contribution in [0.2, 0.25) is 0 Å². The molecule has 2 N–H and O–H groups in total. The van der Waals surface area contributed by atoms with Gasteiger partial charge in [-0.25, -0.2) is 18.1 Å². The Morgan fingerprint density at radius 2 is 2.00 bits per heavy atom. The van der Waals surface area contributed by atoms with Crippen LogP contribution in [0.1, 0.15) is 32.4 Å². The zero-order valence-electron chi connectivity index (χ0n) is 16.9. The van der Waals surface area contributed by atoms with Gasteiger partial charge in [-0.2, -0.15) is 5.10 Å². The fraction of sp³-hybridized carbons (Fsp3) is 0.421. The zero-order valence-corrected chi connectivity index (χ0v) is 17.8. The molecule has 0 bridgehead atoms. The van der Waals surface area contributed by atoms with Gasteiger partial charge in [-0.1, -0.05) is 20.3 Å². The van der Waals surface area contributed by atoms with E-state index in [0.717, 1.165) is 18.5 Å². The highest BCUT2D eigenvalue weighted by Crippen LogP contribution is 2.31. The summed E-state index contributed by atoms with van der Waals surface area (Å²) in [6.07, 6.45) is 2.32. The summed E-state index contributed by atoms with van der Waals surface area (Å²) in [5.74, 6) is 0.692. The van der Waals surface area contributed by atoms with E-state index in [4.69, 9.17) is 4.74 Å². The number of hydrogen-bond donors (Lipinski definition) is 2. The molecule has 0 radical (unpaired) electrons. The van der Waals surface area contributed by atoms with Gasteiger partial charge in [0.2, 0.25) is 10.0 Å². The van der Waals surface area contributed by atoms with Crippen molar-refractivity contribution in [1.29, 1.82) is 0 Å². The summed E-state index contributed by atoms with van der Waals surface area (Å²) in [5.41, 5.74) is 1.68. The first kappa shape index (κ1) is 21.0. The monoisotopic (exact) mass is 419 g/mol. The van der Waals surface area contributed by atoms with E-state index in [1.54, 1.807) is 13.1 Å². The van der Waals surface area contributed by atoms with Crippen LogP contribution in [0.15, 0.2) is 27.9 Å². The zero-order chi connectivity index (χ0) is 21.2. The predicted molar refractivity (Wildman–Crippen MR) is 111 cm³/mol. The largest absolute Gasteiger partial charge is 0.493 e. The number of rotatable bonds is 8. The van der Waals surface area contributed by atoms with Gasteiger partial charge in [0.25, 0.3) is 5.56 Å². The molecule has 0 spiro atoms. The number of nitrogens with one attached hydrogen (secondary N) is 2. The van der Waals surface area contributed by atoms with E-state index in [1.165, 1.54) is 23.9 Å². The molecule has 1 aromatic carbocycles. The molecular formula is C19H25N5O4S. The quantitative estimate of drug-likeness (QED) is 0.576. The van der Waals surface area contributed by atoms with E-state index in [2.05, 4.69) is 19.8 Å². The average molecular weight is 420 g/mol. The number of fused-ring (bicyclic) bond motifs is 1. The lowest BCUT2D eigenvalue weighted by molar-refractivity contribution is 0.318. The van der Waals surface area contributed by atoms with E-state index in [-0.39, 0.29) is 16.3 Å². The second-order valence-electron chi connectivity index (χ2n) is 6.65. The van der Waals surface area contributed by atoms with Crippen LogP contribution in [-0.4, -0.2) is 41.8 Å². The van der Waals surface area contributed by atoms with E-state index in [1.807, 2.05) is 13.8 Å². The summed E-state index contributed by atoms with van der Waals surface area (Å²) < 4.78 is 34.1. The van der Waals surface area contributed by atoms with Crippen molar-refractivity contribution in [3.63, 3.8) is 0 Å². The Morgan fingerprint density at radius 1 is 1.24 bits per heavy atom. The number of aromatic amines is 1. The molecule has 156 valence electrons. The third-order valence-corrected chi connectivity index (χ3v) is 5.91. The second kappa shape index (κ2) is 8.34. The van der Waals surface area contributed by atoms with E-state index in [0.29, 0.717) is 35.4 Å². The highest BCUT2D eigenvalue weighted by Gasteiger charge is 2.20. The van der Waals surface area contributed by atoms with Crippen LogP contribution in [0.5, 0.6) is 5.75 Å². The Hall–Kier alpha value is -2.72. The van der Waals surface area contributed by atoms with Crippen molar-refractivity contribution in [3.05, 3.63) is 34.2 Å². The molecule has 29 heavy (non-hydrogen) atoms. The summed E-state index contributed by atoms with van der Waals surface area (Å²) in [6, 6.07) is 4.50. The molecule has 0 saturated carbocycles. The van der Waals surface area contributed by atoms with Gasteiger partial charge in [-0.15, -0.1) is 0 Å². The van der Waals surface area contributed by atoms with Crippen molar-refractivity contribution >= 4 is 21.1 Å². The number of sulfonamides is 1. The number of ether oxygens (including phenoxy) is 1. The van der Waals surface area contributed by atoms with Crippen LogP contribution in [0.25, 0.3) is 22.4 Å². The van der Waals surface area contributed by atoms with Crippen LogP contribution in [-0.2, 0) is 23.5 Å². The summed E-state index contributed by atoms with van der Waals surface area (Å²) in [4.78, 5) is 20.2. The van der Waals surface area contributed by atoms with Crippen molar-refractivity contribution < 1.29 is 13.2 Å². The average Bonchev–Trinajstić information content (AvgIpc) is 3.02. The molecule has 3 rings (SSSR count). The van der Waals surface area contributed by atoms with Crippen LogP contribution in [0.4, 0.5) is 0 Å². The number of H-pyrrole nitrogens is 1. The summed E-state index contributed by atoms with van der Waals surface area (Å²) in [5, 5.41) is 4.41. The fourth-order valence-electron chi connectivity index (χ4n) is 3.10. The lowest BCUT2D eigenvalue weighted by Gasteiger charge is -2.13. The molecule has 3 aromatic rings. The van der Waals surface area contributed by atoms with Crippen molar-refractivity contribution in [1.82, 2.24) is 24.5 Å². The van der Waals surface area contributed by atoms with Crippen molar-refractivity contribution in [2.45, 2.75) is 38.0 Å². The van der Waals surface area contributed by atoms with Crippen molar-refractivity contribution in [2.24, 2.45) is 7.05 Å². The van der Waals surface area contributed by atoms with Gasteiger partial charge in [0, 0.05) is 7.05 Å². The Morgan fingerprint density at radius 3 is 2.66 bits per heavy atom. The van der Waals surface area contributed by atoms with Gasteiger partial charge in [0.05, 0.1) is 22.8 Å². The Bertz CT molecular complexity index is 1200. The molecule has 0 amide bonds. The molecule has 2 heterocycles. The molecule has 0 unspecified atom stereocenters. The lowest BCUT2D eigenvalue weighted by Crippen LogP contribution is -2.19. The molecule has 0 aliphatic rings.